The van der Waals surface area contributed by atoms with Gasteiger partial charge in [-0.25, -0.2) is 12.7 Å². The van der Waals surface area contributed by atoms with Crippen LogP contribution in [0.1, 0.15) is 19.8 Å². The van der Waals surface area contributed by atoms with Gasteiger partial charge < -0.3 is 10.5 Å². The Morgan fingerprint density at radius 1 is 1.45 bits per heavy atom. The molecule has 116 valence electrons. The van der Waals surface area contributed by atoms with Crippen molar-refractivity contribution in [2.45, 2.75) is 29.8 Å². The molecule has 1 saturated heterocycles. The van der Waals surface area contributed by atoms with Gasteiger partial charge in [0.15, 0.2) is 5.25 Å². The molecule has 9 heteroatoms. The largest absolute Gasteiger partial charge is 0.468 e. The van der Waals surface area contributed by atoms with Crippen molar-refractivity contribution in [2.75, 3.05) is 26.5 Å². The first-order valence-corrected chi connectivity index (χ1v) is 9.27. The van der Waals surface area contributed by atoms with Gasteiger partial charge in [-0.2, -0.15) is 11.8 Å². The van der Waals surface area contributed by atoms with Crippen LogP contribution in [0.15, 0.2) is 0 Å². The number of ether oxygens (including phenoxy) is 1. The van der Waals surface area contributed by atoms with E-state index >= 15 is 0 Å². The van der Waals surface area contributed by atoms with Gasteiger partial charge in [-0.05, 0) is 26.0 Å². The molecule has 1 aliphatic rings. The molecule has 0 bridgehead atoms. The number of sulfonamides is 1. The molecule has 0 aromatic heterocycles. The van der Waals surface area contributed by atoms with Gasteiger partial charge in [-0.3, -0.25) is 4.79 Å². The van der Waals surface area contributed by atoms with Crippen molar-refractivity contribution in [3.8, 4) is 0 Å². The highest BCUT2D eigenvalue weighted by Gasteiger charge is 2.42. The van der Waals surface area contributed by atoms with Crippen LogP contribution in [-0.4, -0.2) is 60.1 Å². The third-order valence-electron chi connectivity index (χ3n) is 3.71. The van der Waals surface area contributed by atoms with Gasteiger partial charge in [0, 0.05) is 13.1 Å². The number of piperidine rings is 1. The third kappa shape index (κ3) is 3.26. The van der Waals surface area contributed by atoms with E-state index in [1.165, 1.54) is 18.3 Å². The topological polar surface area (TPSA) is 89.7 Å². The Morgan fingerprint density at radius 3 is 2.30 bits per heavy atom. The zero-order valence-corrected chi connectivity index (χ0v) is 14.2. The average Bonchev–Trinajstić information content (AvgIpc) is 2.45. The number of rotatable bonds is 5. The Bertz CT molecular complexity index is 484. The smallest absolute Gasteiger partial charge is 0.325 e. The molecule has 1 fully saturated rings. The molecular formula is C11H20N2O4S3. The molecule has 6 nitrogen and oxygen atoms in total. The van der Waals surface area contributed by atoms with Gasteiger partial charge in [0.25, 0.3) is 0 Å². The molecule has 0 saturated carbocycles. The van der Waals surface area contributed by atoms with Crippen LogP contribution in [0.3, 0.4) is 0 Å². The highest BCUT2D eigenvalue weighted by molar-refractivity contribution is 8.02. The summed E-state index contributed by atoms with van der Waals surface area (Å²) in [6.45, 7) is 1.95. The normalized spacial score (nSPS) is 21.1. The summed E-state index contributed by atoms with van der Waals surface area (Å²) in [5.74, 6) is -0.749. The van der Waals surface area contributed by atoms with Crippen LogP contribution in [0.25, 0.3) is 0 Å². The van der Waals surface area contributed by atoms with E-state index in [1.807, 2.05) is 6.26 Å². The first-order chi connectivity index (χ1) is 9.21. The Balaban J connectivity index is 2.84. The maximum Gasteiger partial charge on any atom is 0.325 e. The van der Waals surface area contributed by atoms with E-state index < -0.39 is 21.2 Å². The number of nitrogens with two attached hydrogens (primary N) is 1. The maximum absolute atomic E-state index is 12.3. The summed E-state index contributed by atoms with van der Waals surface area (Å²) < 4.78 is 30.1. The van der Waals surface area contributed by atoms with E-state index in [0.29, 0.717) is 30.9 Å². The van der Waals surface area contributed by atoms with E-state index in [-0.39, 0.29) is 4.75 Å². The summed E-state index contributed by atoms with van der Waals surface area (Å²) >= 11 is 6.64. The molecule has 0 aromatic rings. The lowest BCUT2D eigenvalue weighted by Crippen LogP contribution is -2.52. The summed E-state index contributed by atoms with van der Waals surface area (Å²) in [5, 5.41) is -1.20. The molecular weight excluding hydrogens is 320 g/mol. The number of thioether (sulfide) groups is 1. The van der Waals surface area contributed by atoms with Gasteiger partial charge in [0.1, 0.15) is 0 Å². The van der Waals surface area contributed by atoms with Gasteiger partial charge in [-0.15, -0.1) is 0 Å². The molecule has 1 rings (SSSR count). The van der Waals surface area contributed by atoms with Crippen molar-refractivity contribution in [1.29, 1.82) is 0 Å². The molecule has 1 heterocycles. The fourth-order valence-corrected chi connectivity index (χ4v) is 4.89. The van der Waals surface area contributed by atoms with Crippen molar-refractivity contribution in [1.82, 2.24) is 4.31 Å². The predicted octanol–water partition coefficient (Wildman–Crippen LogP) is 0.361. The van der Waals surface area contributed by atoms with Crippen LogP contribution in [0.2, 0.25) is 0 Å². The summed E-state index contributed by atoms with van der Waals surface area (Å²) in [5.41, 5.74) is 5.77. The van der Waals surface area contributed by atoms with Crippen molar-refractivity contribution >= 4 is 45.0 Å². The lowest BCUT2D eigenvalue weighted by atomic mass is 9.97. The molecule has 1 aliphatic heterocycles. The molecule has 1 unspecified atom stereocenters. The van der Waals surface area contributed by atoms with Gasteiger partial charge in [-0.1, -0.05) is 12.2 Å². The first kappa shape index (κ1) is 17.7. The number of hydrogen-bond donors (Lipinski definition) is 1. The van der Waals surface area contributed by atoms with Crippen molar-refractivity contribution in [2.24, 2.45) is 5.73 Å². The number of methoxy groups -OCH3 is 1. The van der Waals surface area contributed by atoms with Crippen LogP contribution in [0.4, 0.5) is 0 Å². The molecule has 0 aliphatic carbocycles. The fraction of sp³-hybridized carbons (Fsp3) is 0.818. The van der Waals surface area contributed by atoms with Crippen LogP contribution in [0, 0.1) is 0 Å². The predicted molar refractivity (Wildman–Crippen MR) is 84.2 cm³/mol. The molecule has 20 heavy (non-hydrogen) atoms. The number of thiocarbonyl (C=S) groups is 1. The van der Waals surface area contributed by atoms with E-state index in [2.05, 4.69) is 4.74 Å². The molecule has 2 N–H and O–H groups in total. The second kappa shape index (κ2) is 6.59. The van der Waals surface area contributed by atoms with Gasteiger partial charge in [0.05, 0.1) is 16.8 Å². The van der Waals surface area contributed by atoms with E-state index in [1.54, 1.807) is 11.8 Å². The van der Waals surface area contributed by atoms with Crippen LogP contribution in [0.5, 0.6) is 0 Å². The monoisotopic (exact) mass is 340 g/mol. The minimum atomic E-state index is -3.69. The maximum atomic E-state index is 12.3. The van der Waals surface area contributed by atoms with Crippen LogP contribution < -0.4 is 5.73 Å². The fourth-order valence-electron chi connectivity index (χ4n) is 2.16. The van der Waals surface area contributed by atoms with E-state index in [9.17, 15) is 13.2 Å². The molecule has 0 radical (unpaired) electrons. The lowest BCUT2D eigenvalue weighted by Gasteiger charge is -2.39. The molecule has 0 aromatic carbocycles. The molecule has 0 amide bonds. The van der Waals surface area contributed by atoms with Crippen LogP contribution >= 0.6 is 24.0 Å². The van der Waals surface area contributed by atoms with Crippen molar-refractivity contribution in [3.63, 3.8) is 0 Å². The number of nitrogens with zero attached hydrogens (tertiary/aromatic N) is 1. The van der Waals surface area contributed by atoms with Gasteiger partial charge >= 0.3 is 5.97 Å². The number of hydrogen-bond acceptors (Lipinski definition) is 6. The molecule has 1 atom stereocenters. The molecule has 0 spiro atoms. The summed E-state index contributed by atoms with van der Waals surface area (Å²) in [6.07, 6.45) is 3.02. The summed E-state index contributed by atoms with van der Waals surface area (Å²) in [4.78, 5) is 11.8. The number of carbonyl (C=O) groups excluding carboxylic acids is 1. The Morgan fingerprint density at radius 2 is 1.95 bits per heavy atom. The minimum absolute atomic E-state index is 0.307. The second-order valence-corrected chi connectivity index (χ2v) is 8.56. The number of esters is 1. The first-order valence-electron chi connectivity index (χ1n) is 6.13. The summed E-state index contributed by atoms with van der Waals surface area (Å²) in [7, 11) is -2.52. The van der Waals surface area contributed by atoms with Crippen molar-refractivity contribution < 1.29 is 17.9 Å². The number of carbonyl (C=O) groups is 1. The zero-order valence-electron chi connectivity index (χ0n) is 11.8. The highest BCUT2D eigenvalue weighted by atomic mass is 32.2. The third-order valence-corrected chi connectivity index (χ3v) is 7.81. The lowest BCUT2D eigenvalue weighted by molar-refractivity contribution is -0.139. The van der Waals surface area contributed by atoms with E-state index in [0.717, 1.165) is 0 Å². The minimum Gasteiger partial charge on any atom is -0.468 e. The highest BCUT2D eigenvalue weighted by Crippen LogP contribution is 2.36. The Hall–Kier alpha value is -0.380. The quantitative estimate of drug-likeness (QED) is 0.571. The average molecular weight is 340 g/mol. The van der Waals surface area contributed by atoms with E-state index in [4.69, 9.17) is 18.0 Å². The Labute approximate surface area is 129 Å². The SMILES string of the molecule is COC(=O)C(C)S(=O)(=O)N1CCC(SC)(C(N)=S)CC1. The standard InChI is InChI=1S/C11H20N2O4S3/c1-8(9(14)17-2)20(15,16)13-6-4-11(19-3,5-7-13)10(12)18/h8H,4-7H2,1-3H3,(H2,12,18). The summed E-state index contributed by atoms with van der Waals surface area (Å²) in [6, 6.07) is 0. The second-order valence-electron chi connectivity index (χ2n) is 4.67. The van der Waals surface area contributed by atoms with Gasteiger partial charge in [0.2, 0.25) is 10.0 Å². The zero-order chi connectivity index (χ0) is 15.6. The Kier molecular flexibility index (Phi) is 5.82. The van der Waals surface area contributed by atoms with Crippen LogP contribution in [-0.2, 0) is 19.6 Å². The van der Waals surface area contributed by atoms with Crippen molar-refractivity contribution in [3.05, 3.63) is 0 Å².